The molecule has 15 amide bonds. The van der Waals surface area contributed by atoms with Gasteiger partial charge >= 0.3 is 36.0 Å². The fraction of sp³-hybridized carbons (Fsp3) is 0.679. The lowest BCUT2D eigenvalue weighted by Crippen LogP contribution is -2.62. The highest BCUT2D eigenvalue weighted by Gasteiger charge is 2.73. The number of rotatable bonds is 44. The van der Waals surface area contributed by atoms with E-state index in [0.717, 1.165) is 81.8 Å². The van der Waals surface area contributed by atoms with Gasteiger partial charge in [-0.3, -0.25) is 57.5 Å². The van der Waals surface area contributed by atoms with E-state index in [1.54, 1.807) is 60.3 Å². The molecule has 0 radical (unpaired) electrons. The summed E-state index contributed by atoms with van der Waals surface area (Å²) in [7, 11) is 0. The number of hydrogen-bond acceptors (Lipinski definition) is 21. The number of nitrogens with one attached hydrogen (secondary N) is 12. The Labute approximate surface area is 875 Å². The zero-order chi connectivity index (χ0) is 110. The zero-order valence-electron chi connectivity index (χ0n) is 91.8. The van der Waals surface area contributed by atoms with Gasteiger partial charge in [0, 0.05) is 39.3 Å². The van der Waals surface area contributed by atoms with Gasteiger partial charge in [-0.15, -0.1) is 19.7 Å². The van der Waals surface area contributed by atoms with Crippen molar-refractivity contribution in [2.75, 3.05) is 39.3 Å². The SMILES string of the molecule is C=CCNC(=O)C(=O)C(CCC)NC(=O)[C@@H]1[C@@H]2[C@H](CN1C(=O)[C@@H](NC(=O)N[C@H](C(=O)OCc1ccccc1)C(C)C)C(C)(C)C)C2(C)C.C=CCNC(=O)C(=O)C(CCC)NC(=O)[C@@H]1[C@@H]2[C@H](CN1C(=O)[C@@H](NC(=O)N[C@H](C(=O)OCc1ccccc1)C1CCCCC1)C(C)(C)C)C2(C)C.C=CCNC(=O)C(=O)C(CCCC)NC(=O)[C@@H]1[C@@H]2[C@H](CN1C(=O)[C@@H](NC(=O)N[C@H](C(=O)OC(C)(C)C)C(C)(C)C)C1CCCCC1)C2(C)C. The Bertz CT molecular complexity index is 5060. The molecule has 18 atom stereocenters. The molecule has 10 rings (SSSR count). The van der Waals surface area contributed by atoms with Crippen LogP contribution in [0.5, 0.6) is 0 Å². The number of urea groups is 3. The average molecular weight is 2060 g/mol. The van der Waals surface area contributed by atoms with Crippen molar-refractivity contribution >= 4 is 107 Å². The molecule has 2 aromatic carbocycles. The number of hydrogen-bond donors (Lipinski definition) is 12. The molecule has 8 fully saturated rings. The van der Waals surface area contributed by atoms with Gasteiger partial charge in [-0.05, 0) is 163 Å². The van der Waals surface area contributed by atoms with Crippen molar-refractivity contribution in [1.82, 2.24) is 78.5 Å². The standard InChI is InChI=1S/C39H57N5O7.C37H61N5O7.C36H53N5O7/c1-8-16-27(31(45)34(47)40-21-9-2)41-33(46)30-28-26(39(28,6)7)22-44(30)35(48)32(38(3,4)5)43-37(50)42-29(25-19-14-11-15-20-25)36(49)51-23-24-17-12-10-13-18-24;1-11-13-19-24(28(43)31(45)38-20-12-2)39-30(44)27-25-23(37(25,9)10)21-42(27)32(46)26(22-17-15-14-16-18-22)40-34(48)41-29(35(3,4)5)33(47)49-36(6,7)8;1-10-15-24(28(42)31(44)37-18-11-2)38-30(43)27-25-23(36(25,8)9)19-41(27)32(45)29(35(5,6)7)40-34(47)39-26(21(3)4)33(46)48-20-22-16-13-12-14-17-22/h9-10,12-13,17-18,25-30,32H,2,8,11,14-16,19-23H2,1,3-7H3,(H,40,47)(H,41,46)(H2,42,43,50);12,22-27,29H,2,11,13-21H2,1,3-10H3,(H,38,45)(H,39,44)(H2,40,41,48);11-14,16-17,21,23-27,29H,2,10,15,18-20H2,1,3-9H3,(H,37,44)(H,38,43)(H2,39,40,47)/t26-,27?,28-,29-,30-,32+;2*23-,24?,25-,26-,27-,29+/m000/s1. The van der Waals surface area contributed by atoms with Crippen LogP contribution in [0.2, 0.25) is 0 Å². The van der Waals surface area contributed by atoms with Gasteiger partial charge in [0.05, 0.1) is 18.1 Å². The van der Waals surface area contributed by atoms with Gasteiger partial charge in [0.1, 0.15) is 73.2 Å². The summed E-state index contributed by atoms with van der Waals surface area (Å²) >= 11 is 0. The summed E-state index contributed by atoms with van der Waals surface area (Å²) in [5.74, 6) is -9.89. The van der Waals surface area contributed by atoms with Crippen molar-refractivity contribution in [2.24, 2.45) is 85.8 Å². The lowest BCUT2D eigenvalue weighted by Gasteiger charge is -2.38. The van der Waals surface area contributed by atoms with Crippen LogP contribution >= 0.6 is 0 Å². The van der Waals surface area contributed by atoms with Gasteiger partial charge in [-0.2, -0.15) is 0 Å². The van der Waals surface area contributed by atoms with Gasteiger partial charge in [0.25, 0.3) is 17.7 Å². The van der Waals surface area contributed by atoms with Crippen LogP contribution in [-0.4, -0.2) is 239 Å². The van der Waals surface area contributed by atoms with Crippen molar-refractivity contribution in [2.45, 2.75) is 360 Å². The van der Waals surface area contributed by atoms with E-state index in [2.05, 4.69) is 111 Å². The largest absolute Gasteiger partial charge is 0.459 e. The van der Waals surface area contributed by atoms with E-state index in [-0.39, 0.29) is 121 Å². The lowest BCUT2D eigenvalue weighted by molar-refractivity contribution is -0.160. The molecule has 36 nitrogen and oxygen atoms in total. The number of esters is 3. The van der Waals surface area contributed by atoms with Gasteiger partial charge in [0.15, 0.2) is 0 Å². The number of carbonyl (C=O) groups is 18. The van der Waals surface area contributed by atoms with Crippen molar-refractivity contribution in [3.05, 3.63) is 110 Å². The third-order valence-electron chi connectivity index (χ3n) is 30.6. The van der Waals surface area contributed by atoms with Crippen LogP contribution in [-0.2, 0) is 99.3 Å². The van der Waals surface area contributed by atoms with Crippen LogP contribution in [0.15, 0.2) is 98.6 Å². The minimum absolute atomic E-state index is 0.0487. The first-order chi connectivity index (χ1) is 69.3. The number of unbranched alkanes of at least 4 members (excludes halogenated alkanes) is 1. The number of fused-ring (bicyclic) bond motifs is 3. The third-order valence-corrected chi connectivity index (χ3v) is 30.6. The van der Waals surface area contributed by atoms with Crippen LogP contribution in [0.1, 0.15) is 280 Å². The van der Waals surface area contributed by atoms with E-state index in [9.17, 15) is 86.3 Å². The molecule has 12 N–H and O–H groups in total. The van der Waals surface area contributed by atoms with E-state index in [1.165, 1.54) is 28.0 Å². The summed E-state index contributed by atoms with van der Waals surface area (Å²) in [6.07, 6.45) is 16.5. The monoisotopic (exact) mass is 2060 g/mol. The van der Waals surface area contributed by atoms with Crippen LogP contribution in [0.3, 0.4) is 0 Å². The quantitative estimate of drug-likeness (QED) is 0.0127. The number of benzene rings is 2. The molecule has 0 aromatic heterocycles. The third kappa shape index (κ3) is 31.9. The van der Waals surface area contributed by atoms with E-state index in [4.69, 9.17) is 14.2 Å². The highest BCUT2D eigenvalue weighted by molar-refractivity contribution is 6.39. The Kier molecular flexibility index (Phi) is 43.1. The highest BCUT2D eigenvalue weighted by Crippen LogP contribution is 2.67. The molecular weight excluding hydrogens is 1890 g/mol. The minimum Gasteiger partial charge on any atom is -0.459 e. The number of nitrogens with zero attached hydrogens (tertiary/aromatic N) is 3. The smallest absolute Gasteiger partial charge is 0.329 e. The predicted octanol–water partition coefficient (Wildman–Crippen LogP) is 11.2. The summed E-state index contributed by atoms with van der Waals surface area (Å²) in [6.45, 7) is 55.3. The Morgan fingerprint density at radius 3 is 1.03 bits per heavy atom. The molecule has 5 saturated carbocycles. The van der Waals surface area contributed by atoms with Crippen LogP contribution in [0, 0.1) is 85.8 Å². The van der Waals surface area contributed by atoms with Crippen molar-refractivity contribution in [3.63, 3.8) is 0 Å². The fourth-order valence-corrected chi connectivity index (χ4v) is 21.8. The van der Waals surface area contributed by atoms with E-state index >= 15 is 0 Å². The Balaban J connectivity index is 0.000000271. The second-order valence-electron chi connectivity index (χ2n) is 47.6. The molecule has 3 aliphatic heterocycles. The van der Waals surface area contributed by atoms with Crippen molar-refractivity contribution < 1.29 is 101 Å². The molecule has 2 aromatic rings. The Morgan fingerprint density at radius 1 is 0.385 bits per heavy atom. The number of ketones is 3. The topological polar surface area (TPSA) is 489 Å². The summed E-state index contributed by atoms with van der Waals surface area (Å²) in [5, 5.41) is 32.7. The number of ether oxygens (including phenoxy) is 3. The van der Waals surface area contributed by atoms with Gasteiger partial charge < -0.3 is 92.7 Å². The molecule has 3 unspecified atom stereocenters. The van der Waals surface area contributed by atoms with Crippen LogP contribution in [0.25, 0.3) is 0 Å². The number of amides is 15. The molecule has 3 saturated heterocycles. The van der Waals surface area contributed by atoms with E-state index in [1.807, 2.05) is 137 Å². The molecule has 148 heavy (non-hydrogen) atoms. The number of Topliss-reactive ketones (excluding diaryl/α,β-unsaturated/α-hetero) is 3. The lowest BCUT2D eigenvalue weighted by atomic mass is 9.83. The molecule has 3 heterocycles. The number of carbonyl (C=O) groups excluding carboxylic acids is 18. The van der Waals surface area contributed by atoms with Crippen molar-refractivity contribution in [1.29, 1.82) is 0 Å². The fourth-order valence-electron chi connectivity index (χ4n) is 21.8. The molecule has 8 aliphatic rings. The van der Waals surface area contributed by atoms with Crippen LogP contribution < -0.4 is 63.8 Å². The summed E-state index contributed by atoms with van der Waals surface area (Å²) in [5.41, 5.74) is -1.94. The summed E-state index contributed by atoms with van der Waals surface area (Å²) in [4.78, 5) is 247. The van der Waals surface area contributed by atoms with Crippen molar-refractivity contribution in [3.8, 4) is 0 Å². The molecule has 0 bridgehead atoms. The summed E-state index contributed by atoms with van der Waals surface area (Å²) < 4.78 is 16.7. The first kappa shape index (κ1) is 121. The van der Waals surface area contributed by atoms with E-state index < -0.39 is 195 Å². The maximum atomic E-state index is 14.6. The molecule has 820 valence electrons. The normalized spacial score (nSPS) is 22.5. The van der Waals surface area contributed by atoms with Gasteiger partial charge in [0.2, 0.25) is 52.8 Å². The minimum atomic E-state index is -1.06. The first-order valence-electron chi connectivity index (χ1n) is 53.3. The molecule has 36 heteroatoms. The van der Waals surface area contributed by atoms with Crippen LogP contribution in [0.4, 0.5) is 14.4 Å². The maximum absolute atomic E-state index is 14.6. The second kappa shape index (κ2) is 52.5. The molecular formula is C112H171N15O21. The summed E-state index contributed by atoms with van der Waals surface area (Å²) in [6, 6.07) is 4.85. The zero-order valence-corrected chi connectivity index (χ0v) is 91.8. The Hall–Kier alpha value is -11.9. The Morgan fingerprint density at radius 2 is 0.703 bits per heavy atom. The van der Waals surface area contributed by atoms with Gasteiger partial charge in [-0.25, -0.2) is 28.8 Å². The highest BCUT2D eigenvalue weighted by atomic mass is 16.6. The molecule has 5 aliphatic carbocycles. The molecule has 0 spiro atoms. The average Bonchev–Trinajstić information content (AvgIpc) is 1.53. The van der Waals surface area contributed by atoms with Gasteiger partial charge in [-0.1, -0.05) is 282 Å². The first-order valence-corrected chi connectivity index (χ1v) is 53.3. The maximum Gasteiger partial charge on any atom is 0.329 e. The number of piperidine rings is 3. The predicted molar refractivity (Wildman–Crippen MR) is 561 cm³/mol. The van der Waals surface area contributed by atoms with E-state index in [0.29, 0.717) is 45.3 Å². The second-order valence-corrected chi connectivity index (χ2v) is 47.6. The number of likely N-dealkylation sites (tertiary alicyclic amines) is 3.